The number of hydrogen-bond acceptors (Lipinski definition) is 3. The number of halogens is 1. The standard InChI is InChI=1S/C16H14FN3/c17-14-6-2-1-4-11(14)10-20-16-13-5-3-7-15(18)12(13)8-9-19-16/h1-9H,10,18H2,(H,19,20). The lowest BCUT2D eigenvalue weighted by Crippen LogP contribution is -2.04. The van der Waals surface area contributed by atoms with Crippen LogP contribution in [0, 0.1) is 5.82 Å². The Kier molecular flexibility index (Phi) is 3.21. The Bertz CT molecular complexity index is 756. The zero-order chi connectivity index (χ0) is 13.9. The van der Waals surface area contributed by atoms with Crippen molar-refractivity contribution in [3.8, 4) is 0 Å². The number of rotatable bonds is 3. The van der Waals surface area contributed by atoms with Crippen molar-refractivity contribution in [2.75, 3.05) is 11.1 Å². The number of nitrogens with two attached hydrogens (primary N) is 1. The molecule has 0 bridgehead atoms. The molecule has 1 heterocycles. The van der Waals surface area contributed by atoms with Crippen LogP contribution in [-0.2, 0) is 6.54 Å². The number of aromatic nitrogens is 1. The van der Waals surface area contributed by atoms with Crippen LogP contribution in [-0.4, -0.2) is 4.98 Å². The molecule has 2 aromatic carbocycles. The Labute approximate surface area is 116 Å². The first kappa shape index (κ1) is 12.4. The SMILES string of the molecule is Nc1cccc2c(NCc3ccccc3F)nccc12. The molecular formula is C16H14FN3. The summed E-state index contributed by atoms with van der Waals surface area (Å²) in [5, 5.41) is 5.04. The molecule has 0 saturated heterocycles. The van der Waals surface area contributed by atoms with E-state index in [2.05, 4.69) is 10.3 Å². The highest BCUT2D eigenvalue weighted by Gasteiger charge is 2.05. The normalized spacial score (nSPS) is 10.7. The third-order valence-electron chi connectivity index (χ3n) is 3.24. The van der Waals surface area contributed by atoms with Crippen LogP contribution >= 0.6 is 0 Å². The van der Waals surface area contributed by atoms with Gasteiger partial charge in [0.05, 0.1) is 0 Å². The van der Waals surface area contributed by atoms with Crippen molar-refractivity contribution in [1.29, 1.82) is 0 Å². The number of fused-ring (bicyclic) bond motifs is 1. The zero-order valence-electron chi connectivity index (χ0n) is 10.8. The van der Waals surface area contributed by atoms with E-state index in [-0.39, 0.29) is 5.82 Å². The summed E-state index contributed by atoms with van der Waals surface area (Å²) in [7, 11) is 0. The largest absolute Gasteiger partial charge is 0.398 e. The van der Waals surface area contributed by atoms with E-state index in [4.69, 9.17) is 5.73 Å². The lowest BCUT2D eigenvalue weighted by molar-refractivity contribution is 0.613. The molecule has 3 aromatic rings. The molecule has 0 atom stereocenters. The molecule has 0 fully saturated rings. The van der Waals surface area contributed by atoms with Crippen LogP contribution in [0.1, 0.15) is 5.56 Å². The molecule has 0 aliphatic carbocycles. The Hall–Kier alpha value is -2.62. The highest BCUT2D eigenvalue weighted by atomic mass is 19.1. The fourth-order valence-corrected chi connectivity index (χ4v) is 2.19. The molecule has 0 unspecified atom stereocenters. The average molecular weight is 267 g/mol. The van der Waals surface area contributed by atoms with E-state index in [1.54, 1.807) is 18.3 Å². The molecule has 3 rings (SSSR count). The smallest absolute Gasteiger partial charge is 0.134 e. The first-order chi connectivity index (χ1) is 9.75. The van der Waals surface area contributed by atoms with Crippen LogP contribution in [0.5, 0.6) is 0 Å². The van der Waals surface area contributed by atoms with Crippen LogP contribution in [0.4, 0.5) is 15.9 Å². The molecular weight excluding hydrogens is 253 g/mol. The Morgan fingerprint density at radius 1 is 1.00 bits per heavy atom. The van der Waals surface area contributed by atoms with Crippen LogP contribution in [0.2, 0.25) is 0 Å². The second-order valence-electron chi connectivity index (χ2n) is 4.55. The van der Waals surface area contributed by atoms with Gasteiger partial charge in [-0.3, -0.25) is 0 Å². The first-order valence-corrected chi connectivity index (χ1v) is 6.36. The van der Waals surface area contributed by atoms with Gasteiger partial charge < -0.3 is 11.1 Å². The molecule has 0 saturated carbocycles. The van der Waals surface area contributed by atoms with Gasteiger partial charge >= 0.3 is 0 Å². The summed E-state index contributed by atoms with van der Waals surface area (Å²) in [6.45, 7) is 0.383. The number of nitrogens with one attached hydrogen (secondary N) is 1. The van der Waals surface area contributed by atoms with Gasteiger partial charge in [0, 0.05) is 34.8 Å². The zero-order valence-corrected chi connectivity index (χ0v) is 10.8. The van der Waals surface area contributed by atoms with Gasteiger partial charge in [-0.15, -0.1) is 0 Å². The molecule has 100 valence electrons. The van der Waals surface area contributed by atoms with Crippen LogP contribution < -0.4 is 11.1 Å². The monoisotopic (exact) mass is 267 g/mol. The summed E-state index contributed by atoms with van der Waals surface area (Å²) in [5.74, 6) is 0.484. The molecule has 1 aromatic heterocycles. The second kappa shape index (κ2) is 5.17. The molecule has 0 spiro atoms. The maximum Gasteiger partial charge on any atom is 0.134 e. The maximum atomic E-state index is 13.6. The van der Waals surface area contributed by atoms with Gasteiger partial charge in [-0.2, -0.15) is 0 Å². The van der Waals surface area contributed by atoms with E-state index >= 15 is 0 Å². The van der Waals surface area contributed by atoms with Gasteiger partial charge in [-0.1, -0.05) is 30.3 Å². The quantitative estimate of drug-likeness (QED) is 0.713. The van der Waals surface area contributed by atoms with Crippen LogP contribution in [0.3, 0.4) is 0 Å². The first-order valence-electron chi connectivity index (χ1n) is 6.36. The van der Waals surface area contributed by atoms with E-state index in [0.717, 1.165) is 10.8 Å². The summed E-state index contributed by atoms with van der Waals surface area (Å²) in [6.07, 6.45) is 1.70. The van der Waals surface area contributed by atoms with E-state index in [1.807, 2.05) is 30.3 Å². The molecule has 0 radical (unpaired) electrons. The van der Waals surface area contributed by atoms with Crippen molar-refractivity contribution in [2.24, 2.45) is 0 Å². The molecule has 4 heteroatoms. The fourth-order valence-electron chi connectivity index (χ4n) is 2.19. The highest BCUT2D eigenvalue weighted by molar-refractivity contribution is 5.99. The maximum absolute atomic E-state index is 13.6. The van der Waals surface area contributed by atoms with Crippen molar-refractivity contribution < 1.29 is 4.39 Å². The number of anilines is 2. The van der Waals surface area contributed by atoms with Gasteiger partial charge in [-0.25, -0.2) is 9.37 Å². The number of nitrogens with zero attached hydrogens (tertiary/aromatic N) is 1. The van der Waals surface area contributed by atoms with Crippen molar-refractivity contribution in [3.63, 3.8) is 0 Å². The topological polar surface area (TPSA) is 50.9 Å². The third kappa shape index (κ3) is 2.28. The van der Waals surface area contributed by atoms with E-state index < -0.39 is 0 Å². The Morgan fingerprint density at radius 2 is 1.85 bits per heavy atom. The Balaban J connectivity index is 1.92. The summed E-state index contributed by atoms with van der Waals surface area (Å²) in [4.78, 5) is 4.30. The number of pyridine rings is 1. The average Bonchev–Trinajstić information content (AvgIpc) is 2.47. The number of hydrogen-bond donors (Lipinski definition) is 2. The van der Waals surface area contributed by atoms with Gasteiger partial charge in [0.25, 0.3) is 0 Å². The summed E-state index contributed by atoms with van der Waals surface area (Å²) in [5.41, 5.74) is 7.25. The minimum absolute atomic E-state index is 0.222. The predicted octanol–water partition coefficient (Wildman–Crippen LogP) is 3.57. The van der Waals surface area contributed by atoms with Crippen molar-refractivity contribution in [1.82, 2.24) is 4.98 Å². The van der Waals surface area contributed by atoms with Crippen molar-refractivity contribution in [3.05, 3.63) is 66.1 Å². The van der Waals surface area contributed by atoms with Gasteiger partial charge in [-0.05, 0) is 18.2 Å². The molecule has 0 aliphatic rings. The third-order valence-corrected chi connectivity index (χ3v) is 3.24. The van der Waals surface area contributed by atoms with Gasteiger partial charge in [0.1, 0.15) is 11.6 Å². The van der Waals surface area contributed by atoms with E-state index in [1.165, 1.54) is 6.07 Å². The molecule has 0 aliphatic heterocycles. The highest BCUT2D eigenvalue weighted by Crippen LogP contribution is 2.25. The summed E-state index contributed by atoms with van der Waals surface area (Å²) >= 11 is 0. The summed E-state index contributed by atoms with van der Waals surface area (Å²) in [6, 6.07) is 14.2. The molecule has 3 nitrogen and oxygen atoms in total. The molecule has 3 N–H and O–H groups in total. The van der Waals surface area contributed by atoms with Crippen LogP contribution in [0.15, 0.2) is 54.7 Å². The van der Waals surface area contributed by atoms with Crippen LogP contribution in [0.25, 0.3) is 10.8 Å². The second-order valence-corrected chi connectivity index (χ2v) is 4.55. The van der Waals surface area contributed by atoms with E-state index in [9.17, 15) is 4.39 Å². The minimum atomic E-state index is -0.222. The molecule has 20 heavy (non-hydrogen) atoms. The Morgan fingerprint density at radius 3 is 2.70 bits per heavy atom. The minimum Gasteiger partial charge on any atom is -0.398 e. The molecule has 0 amide bonds. The lowest BCUT2D eigenvalue weighted by Gasteiger charge is -2.10. The van der Waals surface area contributed by atoms with Crippen molar-refractivity contribution in [2.45, 2.75) is 6.54 Å². The summed E-state index contributed by atoms with van der Waals surface area (Å²) < 4.78 is 13.6. The van der Waals surface area contributed by atoms with Gasteiger partial charge in [0.2, 0.25) is 0 Å². The number of nitrogen functional groups attached to an aromatic ring is 1. The van der Waals surface area contributed by atoms with Gasteiger partial charge in [0.15, 0.2) is 0 Å². The fraction of sp³-hybridized carbons (Fsp3) is 0.0625. The lowest BCUT2D eigenvalue weighted by atomic mass is 10.1. The van der Waals surface area contributed by atoms with E-state index in [0.29, 0.717) is 23.6 Å². The van der Waals surface area contributed by atoms with Crippen molar-refractivity contribution >= 4 is 22.3 Å². The predicted molar refractivity (Wildman–Crippen MR) is 79.9 cm³/mol. The number of benzene rings is 2.